The summed E-state index contributed by atoms with van der Waals surface area (Å²) in [5.74, 6) is 1.35. The highest BCUT2D eigenvalue weighted by molar-refractivity contribution is 7.92. The standard InChI is InChI=1S/C19H22N4O3S/c1-12-8-14(3)18(15(4)9-12)26-19-16(22-27(5,24)25)6-7-17(21-19)23-11-13(2)10-20-23/h6-11,22H,1-5H3. The van der Waals surface area contributed by atoms with Crippen molar-refractivity contribution in [3.05, 3.63) is 58.9 Å². The van der Waals surface area contributed by atoms with Crippen LogP contribution in [0.2, 0.25) is 0 Å². The number of benzene rings is 1. The summed E-state index contributed by atoms with van der Waals surface area (Å²) in [6, 6.07) is 7.32. The molecule has 7 nitrogen and oxygen atoms in total. The fraction of sp³-hybridized carbons (Fsp3) is 0.263. The van der Waals surface area contributed by atoms with Crippen molar-refractivity contribution in [2.45, 2.75) is 27.7 Å². The first-order chi connectivity index (χ1) is 12.6. The van der Waals surface area contributed by atoms with Crippen molar-refractivity contribution < 1.29 is 13.2 Å². The van der Waals surface area contributed by atoms with Gasteiger partial charge >= 0.3 is 0 Å². The van der Waals surface area contributed by atoms with Crippen LogP contribution in [0.15, 0.2) is 36.7 Å². The Morgan fingerprint density at radius 2 is 1.70 bits per heavy atom. The Hall–Kier alpha value is -2.87. The van der Waals surface area contributed by atoms with Gasteiger partial charge in [-0.05, 0) is 56.5 Å². The molecular formula is C19H22N4O3S. The summed E-state index contributed by atoms with van der Waals surface area (Å²) in [6.07, 6.45) is 4.64. The van der Waals surface area contributed by atoms with E-state index in [4.69, 9.17) is 4.74 Å². The molecule has 0 aliphatic rings. The maximum Gasteiger partial charge on any atom is 0.245 e. The van der Waals surface area contributed by atoms with E-state index in [0.29, 0.717) is 11.6 Å². The van der Waals surface area contributed by atoms with E-state index in [1.807, 2.05) is 46.0 Å². The number of hydrogen-bond donors (Lipinski definition) is 1. The van der Waals surface area contributed by atoms with Crippen molar-refractivity contribution in [1.82, 2.24) is 14.8 Å². The number of ether oxygens (including phenoxy) is 1. The second-order valence-corrected chi connectivity index (χ2v) is 8.44. The van der Waals surface area contributed by atoms with E-state index in [2.05, 4.69) is 14.8 Å². The molecule has 8 heteroatoms. The molecule has 142 valence electrons. The van der Waals surface area contributed by atoms with Crippen molar-refractivity contribution in [1.29, 1.82) is 0 Å². The summed E-state index contributed by atoms with van der Waals surface area (Å²) in [6.45, 7) is 7.83. The average Bonchev–Trinajstić information content (AvgIpc) is 2.97. The first kappa shape index (κ1) is 18.9. The lowest BCUT2D eigenvalue weighted by atomic mass is 10.1. The summed E-state index contributed by atoms with van der Waals surface area (Å²) < 4.78 is 33.6. The Bertz CT molecular complexity index is 1080. The van der Waals surface area contributed by atoms with Crippen LogP contribution in [-0.4, -0.2) is 29.4 Å². The minimum absolute atomic E-state index is 0.168. The molecular weight excluding hydrogens is 364 g/mol. The molecule has 2 aromatic heterocycles. The number of nitrogens with one attached hydrogen (secondary N) is 1. The summed E-state index contributed by atoms with van der Waals surface area (Å²) in [4.78, 5) is 4.49. The molecule has 3 rings (SSSR count). The second kappa shape index (κ2) is 7.03. The fourth-order valence-corrected chi connectivity index (χ4v) is 3.43. The molecule has 1 N–H and O–H groups in total. The van der Waals surface area contributed by atoms with Gasteiger partial charge in [-0.25, -0.2) is 13.1 Å². The van der Waals surface area contributed by atoms with Crippen LogP contribution < -0.4 is 9.46 Å². The zero-order valence-electron chi connectivity index (χ0n) is 15.9. The predicted molar refractivity (Wildman–Crippen MR) is 105 cm³/mol. The van der Waals surface area contributed by atoms with Crippen LogP contribution in [0.25, 0.3) is 5.82 Å². The van der Waals surface area contributed by atoms with Gasteiger partial charge in [0.15, 0.2) is 5.82 Å². The first-order valence-corrected chi connectivity index (χ1v) is 10.3. The van der Waals surface area contributed by atoms with Gasteiger partial charge in [0.1, 0.15) is 11.4 Å². The lowest BCUT2D eigenvalue weighted by Crippen LogP contribution is -2.12. The van der Waals surface area contributed by atoms with Crippen molar-refractivity contribution in [3.63, 3.8) is 0 Å². The SMILES string of the molecule is Cc1cc(C)c(Oc2nc(-n3cc(C)cn3)ccc2NS(C)(=O)=O)c(C)c1. The summed E-state index contributed by atoms with van der Waals surface area (Å²) in [7, 11) is -3.48. The fourth-order valence-electron chi connectivity index (χ4n) is 2.88. The molecule has 2 heterocycles. The van der Waals surface area contributed by atoms with Gasteiger partial charge in [0, 0.05) is 6.20 Å². The number of pyridine rings is 1. The Morgan fingerprint density at radius 3 is 2.26 bits per heavy atom. The zero-order chi connectivity index (χ0) is 19.8. The van der Waals surface area contributed by atoms with Crippen LogP contribution in [0, 0.1) is 27.7 Å². The monoisotopic (exact) mass is 386 g/mol. The number of aryl methyl sites for hydroxylation is 4. The number of aromatic nitrogens is 3. The quantitative estimate of drug-likeness (QED) is 0.723. The molecule has 3 aromatic rings. The lowest BCUT2D eigenvalue weighted by Gasteiger charge is -2.16. The Balaban J connectivity index is 2.10. The summed E-state index contributed by atoms with van der Waals surface area (Å²) in [5.41, 5.74) is 4.27. The Morgan fingerprint density at radius 1 is 1.04 bits per heavy atom. The zero-order valence-corrected chi connectivity index (χ0v) is 16.8. The molecule has 0 bridgehead atoms. The van der Waals surface area contributed by atoms with E-state index in [-0.39, 0.29) is 11.6 Å². The second-order valence-electron chi connectivity index (χ2n) is 6.69. The third kappa shape index (κ3) is 4.46. The highest BCUT2D eigenvalue weighted by Gasteiger charge is 2.16. The molecule has 0 atom stereocenters. The topological polar surface area (TPSA) is 86.1 Å². The molecule has 0 fully saturated rings. The molecule has 0 saturated heterocycles. The van der Waals surface area contributed by atoms with E-state index >= 15 is 0 Å². The van der Waals surface area contributed by atoms with E-state index in [0.717, 1.165) is 28.5 Å². The number of nitrogens with zero attached hydrogens (tertiary/aromatic N) is 3. The van der Waals surface area contributed by atoms with Gasteiger partial charge in [0.2, 0.25) is 15.9 Å². The van der Waals surface area contributed by atoms with E-state index in [1.165, 1.54) is 0 Å². The van der Waals surface area contributed by atoms with Gasteiger partial charge in [-0.15, -0.1) is 0 Å². The van der Waals surface area contributed by atoms with Crippen molar-refractivity contribution >= 4 is 15.7 Å². The molecule has 27 heavy (non-hydrogen) atoms. The van der Waals surface area contributed by atoms with Gasteiger partial charge in [-0.1, -0.05) is 17.7 Å². The van der Waals surface area contributed by atoms with Gasteiger partial charge in [0.05, 0.1) is 12.5 Å². The van der Waals surface area contributed by atoms with Crippen LogP contribution in [0.4, 0.5) is 5.69 Å². The molecule has 1 aromatic carbocycles. The molecule has 0 amide bonds. The Kier molecular flexibility index (Phi) is 4.93. The van der Waals surface area contributed by atoms with Gasteiger partial charge < -0.3 is 4.74 Å². The normalized spacial score (nSPS) is 11.4. The minimum Gasteiger partial charge on any atom is -0.436 e. The van der Waals surface area contributed by atoms with Crippen LogP contribution in [-0.2, 0) is 10.0 Å². The highest BCUT2D eigenvalue weighted by Crippen LogP contribution is 2.33. The molecule has 0 radical (unpaired) electrons. The van der Waals surface area contributed by atoms with E-state index in [9.17, 15) is 8.42 Å². The van der Waals surface area contributed by atoms with Crippen LogP contribution >= 0.6 is 0 Å². The summed E-state index contributed by atoms with van der Waals surface area (Å²) >= 11 is 0. The first-order valence-electron chi connectivity index (χ1n) is 8.38. The predicted octanol–water partition coefficient (Wildman–Crippen LogP) is 3.66. The third-order valence-corrected chi connectivity index (χ3v) is 4.48. The number of sulfonamides is 1. The van der Waals surface area contributed by atoms with Crippen LogP contribution in [0.3, 0.4) is 0 Å². The average molecular weight is 386 g/mol. The maximum atomic E-state index is 11.7. The number of rotatable bonds is 5. The van der Waals surface area contributed by atoms with E-state index in [1.54, 1.807) is 23.0 Å². The molecule has 0 aliphatic carbocycles. The van der Waals surface area contributed by atoms with Crippen LogP contribution in [0.5, 0.6) is 11.6 Å². The van der Waals surface area contributed by atoms with Crippen molar-refractivity contribution in [3.8, 4) is 17.4 Å². The van der Waals surface area contributed by atoms with Crippen molar-refractivity contribution in [2.75, 3.05) is 11.0 Å². The van der Waals surface area contributed by atoms with E-state index < -0.39 is 10.0 Å². The van der Waals surface area contributed by atoms with Gasteiger partial charge in [-0.2, -0.15) is 10.1 Å². The Labute approximate surface area is 159 Å². The molecule has 0 aliphatic heterocycles. The maximum absolute atomic E-state index is 11.7. The summed E-state index contributed by atoms with van der Waals surface area (Å²) in [5, 5.41) is 4.25. The highest BCUT2D eigenvalue weighted by atomic mass is 32.2. The number of hydrogen-bond acceptors (Lipinski definition) is 5. The van der Waals surface area contributed by atoms with Crippen molar-refractivity contribution in [2.24, 2.45) is 0 Å². The minimum atomic E-state index is -3.48. The molecule has 0 unspecified atom stereocenters. The smallest absolute Gasteiger partial charge is 0.245 e. The molecule has 0 saturated carbocycles. The van der Waals surface area contributed by atoms with Crippen LogP contribution in [0.1, 0.15) is 22.3 Å². The van der Waals surface area contributed by atoms with Gasteiger partial charge in [-0.3, -0.25) is 4.72 Å². The lowest BCUT2D eigenvalue weighted by molar-refractivity contribution is 0.457. The third-order valence-electron chi connectivity index (χ3n) is 3.89. The molecule has 0 spiro atoms. The van der Waals surface area contributed by atoms with Gasteiger partial charge in [0.25, 0.3) is 0 Å². The largest absolute Gasteiger partial charge is 0.436 e. The number of anilines is 1.